The number of rotatable bonds is 6. The zero-order valence-electron chi connectivity index (χ0n) is 11.8. The van der Waals surface area contributed by atoms with E-state index in [1.54, 1.807) is 12.1 Å². The van der Waals surface area contributed by atoms with E-state index in [1.165, 1.54) is 50.4 Å². The number of hydrogen-bond donors (Lipinski definition) is 1. The highest BCUT2D eigenvalue weighted by Gasteiger charge is 2.15. The molecule has 0 aliphatic carbocycles. The van der Waals surface area contributed by atoms with Crippen LogP contribution in [-0.4, -0.2) is 39.3 Å². The minimum atomic E-state index is -1.25. The second-order valence-corrected chi connectivity index (χ2v) is 5.03. The van der Waals surface area contributed by atoms with Crippen LogP contribution in [0.25, 0.3) is 0 Å². The number of aromatic carboxylic acids is 1. The van der Waals surface area contributed by atoms with Gasteiger partial charge in [0.1, 0.15) is 13.2 Å². The molecule has 1 N–H and O–H groups in total. The molecule has 0 spiro atoms. The van der Waals surface area contributed by atoms with Crippen LogP contribution in [0.2, 0.25) is 0 Å². The van der Waals surface area contributed by atoms with Gasteiger partial charge in [0.25, 0.3) is 0 Å². The van der Waals surface area contributed by atoms with E-state index in [9.17, 15) is 9.90 Å². The Bertz CT molecular complexity index is 455. The van der Waals surface area contributed by atoms with Gasteiger partial charge in [-0.1, -0.05) is 6.07 Å². The van der Waals surface area contributed by atoms with Gasteiger partial charge >= 0.3 is 0 Å². The number of quaternary nitrogens is 1. The molecule has 0 unspecified atom stereocenters. The van der Waals surface area contributed by atoms with Gasteiger partial charge in [-0.2, -0.15) is 0 Å². The van der Waals surface area contributed by atoms with Crippen molar-refractivity contribution in [2.75, 3.05) is 33.4 Å². The van der Waals surface area contributed by atoms with E-state index in [-0.39, 0.29) is 11.3 Å². The molecule has 2 rings (SSSR count). The molecule has 5 nitrogen and oxygen atoms in total. The third-order valence-corrected chi connectivity index (χ3v) is 3.68. The Hall–Kier alpha value is -1.75. The van der Waals surface area contributed by atoms with Crippen LogP contribution in [-0.2, 0) is 0 Å². The first-order valence-corrected chi connectivity index (χ1v) is 7.07. The van der Waals surface area contributed by atoms with Gasteiger partial charge in [0.15, 0.2) is 11.5 Å². The fraction of sp³-hybridized carbons (Fsp3) is 0.533. The van der Waals surface area contributed by atoms with Gasteiger partial charge in [-0.25, -0.2) is 0 Å². The third-order valence-electron chi connectivity index (χ3n) is 3.68. The minimum absolute atomic E-state index is 0.0398. The van der Waals surface area contributed by atoms with Crippen molar-refractivity contribution in [1.29, 1.82) is 0 Å². The molecule has 0 bridgehead atoms. The molecule has 5 heteroatoms. The molecule has 1 heterocycles. The molecule has 0 amide bonds. The number of para-hydroxylation sites is 1. The van der Waals surface area contributed by atoms with Gasteiger partial charge in [-0.05, 0) is 31.4 Å². The fourth-order valence-corrected chi connectivity index (χ4v) is 2.59. The highest BCUT2D eigenvalue weighted by molar-refractivity contribution is 5.90. The normalized spacial score (nSPS) is 15.8. The van der Waals surface area contributed by atoms with Gasteiger partial charge in [0.05, 0.1) is 26.2 Å². The molecule has 0 saturated carbocycles. The molecule has 0 radical (unpaired) electrons. The van der Waals surface area contributed by atoms with Crippen molar-refractivity contribution >= 4 is 5.97 Å². The van der Waals surface area contributed by atoms with Crippen LogP contribution in [0, 0.1) is 0 Å². The second-order valence-electron chi connectivity index (χ2n) is 5.03. The molecule has 1 aromatic rings. The Balaban J connectivity index is 1.98. The number of ether oxygens (including phenoxy) is 2. The van der Waals surface area contributed by atoms with E-state index >= 15 is 0 Å². The van der Waals surface area contributed by atoms with Crippen LogP contribution < -0.4 is 19.5 Å². The Morgan fingerprint density at radius 3 is 2.70 bits per heavy atom. The number of benzene rings is 1. The predicted molar refractivity (Wildman–Crippen MR) is 72.2 cm³/mol. The Kier molecular flexibility index (Phi) is 5.24. The number of nitrogens with one attached hydrogen (secondary N) is 1. The summed E-state index contributed by atoms with van der Waals surface area (Å²) in [5, 5.41) is 11.1. The number of piperidine rings is 1. The summed E-state index contributed by atoms with van der Waals surface area (Å²) in [7, 11) is 1.50. The molecule has 1 aliphatic heterocycles. The number of carboxylic acids is 1. The molecular weight excluding hydrogens is 258 g/mol. The fourth-order valence-electron chi connectivity index (χ4n) is 2.59. The maximum Gasteiger partial charge on any atom is 0.170 e. The van der Waals surface area contributed by atoms with Crippen LogP contribution in [0.5, 0.6) is 11.5 Å². The molecule has 1 aliphatic rings. The van der Waals surface area contributed by atoms with E-state index in [2.05, 4.69) is 0 Å². The minimum Gasteiger partial charge on any atom is -0.545 e. The molecule has 0 atom stereocenters. The van der Waals surface area contributed by atoms with E-state index in [4.69, 9.17) is 9.47 Å². The summed E-state index contributed by atoms with van der Waals surface area (Å²) < 4.78 is 10.8. The number of carboxylic acid groups (broad SMARTS) is 1. The molecule has 20 heavy (non-hydrogen) atoms. The summed E-state index contributed by atoms with van der Waals surface area (Å²) in [5.41, 5.74) is 0.0398. The summed E-state index contributed by atoms with van der Waals surface area (Å²) in [6.45, 7) is 3.70. The van der Waals surface area contributed by atoms with Gasteiger partial charge in [-0.15, -0.1) is 0 Å². The summed E-state index contributed by atoms with van der Waals surface area (Å²) in [4.78, 5) is 12.6. The smallest absolute Gasteiger partial charge is 0.170 e. The van der Waals surface area contributed by atoms with Crippen molar-refractivity contribution < 1.29 is 24.3 Å². The Morgan fingerprint density at radius 1 is 1.30 bits per heavy atom. The largest absolute Gasteiger partial charge is 0.545 e. The highest BCUT2D eigenvalue weighted by atomic mass is 16.5. The van der Waals surface area contributed by atoms with E-state index in [1.807, 2.05) is 0 Å². The molecule has 1 saturated heterocycles. The van der Waals surface area contributed by atoms with Crippen LogP contribution in [0.4, 0.5) is 0 Å². The van der Waals surface area contributed by atoms with Crippen molar-refractivity contribution in [2.45, 2.75) is 19.3 Å². The summed E-state index contributed by atoms with van der Waals surface area (Å²) in [6, 6.07) is 4.78. The molecule has 1 aromatic carbocycles. The zero-order chi connectivity index (χ0) is 14.4. The first-order chi connectivity index (χ1) is 9.72. The molecule has 0 aromatic heterocycles. The van der Waals surface area contributed by atoms with Crippen molar-refractivity contribution in [3.63, 3.8) is 0 Å². The van der Waals surface area contributed by atoms with E-state index in [0.29, 0.717) is 12.4 Å². The number of hydrogen-bond acceptors (Lipinski definition) is 4. The number of likely N-dealkylation sites (tertiary alicyclic amines) is 1. The van der Waals surface area contributed by atoms with Crippen molar-refractivity contribution in [3.05, 3.63) is 23.8 Å². The average molecular weight is 279 g/mol. The second kappa shape index (κ2) is 7.14. The molecular formula is C15H21NO4. The van der Waals surface area contributed by atoms with Gasteiger partial charge < -0.3 is 24.3 Å². The molecule has 110 valence electrons. The topological polar surface area (TPSA) is 63.0 Å². The highest BCUT2D eigenvalue weighted by Crippen LogP contribution is 2.30. The van der Waals surface area contributed by atoms with Crippen LogP contribution in [0.3, 0.4) is 0 Å². The number of methoxy groups -OCH3 is 1. The Labute approximate surface area is 119 Å². The third kappa shape index (κ3) is 3.63. The Morgan fingerprint density at radius 2 is 2.05 bits per heavy atom. The first kappa shape index (κ1) is 14.7. The lowest BCUT2D eigenvalue weighted by atomic mass is 10.1. The zero-order valence-corrected chi connectivity index (χ0v) is 11.8. The first-order valence-electron chi connectivity index (χ1n) is 7.07. The van der Waals surface area contributed by atoms with Gasteiger partial charge in [-0.3, -0.25) is 0 Å². The number of carbonyl (C=O) groups is 1. The van der Waals surface area contributed by atoms with E-state index < -0.39 is 5.97 Å². The number of carbonyl (C=O) groups excluding carboxylic acids is 1. The maximum absolute atomic E-state index is 11.1. The van der Waals surface area contributed by atoms with Gasteiger partial charge in [0.2, 0.25) is 0 Å². The van der Waals surface area contributed by atoms with Crippen molar-refractivity contribution in [3.8, 4) is 11.5 Å². The van der Waals surface area contributed by atoms with Crippen LogP contribution >= 0.6 is 0 Å². The summed E-state index contributed by atoms with van der Waals surface area (Å²) >= 11 is 0. The van der Waals surface area contributed by atoms with Gasteiger partial charge in [0, 0.05) is 5.56 Å². The maximum atomic E-state index is 11.1. The SMILES string of the molecule is COc1cccc(C(=O)[O-])c1OCC[NH+]1CCCCC1. The van der Waals surface area contributed by atoms with Crippen LogP contribution in [0.15, 0.2) is 18.2 Å². The van der Waals surface area contributed by atoms with Crippen LogP contribution in [0.1, 0.15) is 29.6 Å². The lowest BCUT2D eigenvalue weighted by molar-refractivity contribution is -0.904. The monoisotopic (exact) mass is 279 g/mol. The van der Waals surface area contributed by atoms with Crippen molar-refractivity contribution in [2.24, 2.45) is 0 Å². The van der Waals surface area contributed by atoms with E-state index in [0.717, 1.165) is 6.54 Å². The lowest BCUT2D eigenvalue weighted by Crippen LogP contribution is -3.13. The molecule has 1 fully saturated rings. The summed E-state index contributed by atoms with van der Waals surface area (Å²) in [6.07, 6.45) is 3.83. The standard InChI is InChI=1S/C15H21NO4/c1-19-13-7-5-6-12(15(17)18)14(13)20-11-10-16-8-3-2-4-9-16/h5-7H,2-4,8-11H2,1H3,(H,17,18). The predicted octanol–water partition coefficient (Wildman–Crippen LogP) is -0.494. The average Bonchev–Trinajstić information content (AvgIpc) is 2.48. The lowest BCUT2D eigenvalue weighted by Gasteiger charge is -2.24. The van der Waals surface area contributed by atoms with Crippen molar-refractivity contribution in [1.82, 2.24) is 0 Å². The quantitative estimate of drug-likeness (QED) is 0.763. The summed E-state index contributed by atoms with van der Waals surface area (Å²) in [5.74, 6) is -0.545.